The normalized spacial score (nSPS) is 10.2. The molecule has 0 saturated carbocycles. The Kier molecular flexibility index (Phi) is 4.74. The van der Waals surface area contributed by atoms with Gasteiger partial charge in [-0.1, -0.05) is 15.9 Å². The first kappa shape index (κ1) is 15.7. The molecule has 0 atom stereocenters. The molecule has 1 N–H and O–H groups in total. The highest BCUT2D eigenvalue weighted by atomic mass is 79.9. The van der Waals surface area contributed by atoms with Crippen LogP contribution in [0.1, 0.15) is 15.9 Å². The molecule has 0 radical (unpaired) electrons. The van der Waals surface area contributed by atoms with Gasteiger partial charge in [0.1, 0.15) is 0 Å². The second-order valence-electron chi connectivity index (χ2n) is 4.39. The maximum absolute atomic E-state index is 12.2. The van der Waals surface area contributed by atoms with Crippen LogP contribution in [0.25, 0.3) is 0 Å². The van der Waals surface area contributed by atoms with Crippen molar-refractivity contribution in [1.29, 1.82) is 0 Å². The molecule has 0 aliphatic heterocycles. The minimum absolute atomic E-state index is 0.0497. The Bertz CT molecular complexity index is 712. The predicted molar refractivity (Wildman–Crippen MR) is 87.6 cm³/mol. The molecule has 108 valence electrons. The maximum Gasteiger partial charge on any atom is 0.283 e. The Labute approximate surface area is 137 Å². The van der Waals surface area contributed by atoms with Gasteiger partial charge in [-0.3, -0.25) is 14.9 Å². The van der Waals surface area contributed by atoms with Crippen molar-refractivity contribution < 1.29 is 9.72 Å². The first-order valence-corrected chi connectivity index (χ1v) is 7.48. The van der Waals surface area contributed by atoms with Gasteiger partial charge in [0.2, 0.25) is 0 Å². The van der Waals surface area contributed by atoms with E-state index in [2.05, 4.69) is 37.2 Å². The highest BCUT2D eigenvalue weighted by molar-refractivity contribution is 9.10. The Morgan fingerprint density at radius 2 is 1.90 bits per heavy atom. The molecule has 21 heavy (non-hydrogen) atoms. The number of anilines is 1. The SMILES string of the molecule is Cc1cc(Br)cc(C(=O)Nc2ccc([N+](=O)[O-])c(Br)c2)c1. The van der Waals surface area contributed by atoms with Gasteiger partial charge >= 0.3 is 0 Å². The summed E-state index contributed by atoms with van der Waals surface area (Å²) >= 11 is 6.46. The van der Waals surface area contributed by atoms with Crippen LogP contribution < -0.4 is 5.32 Å². The van der Waals surface area contributed by atoms with Gasteiger partial charge in [0.25, 0.3) is 11.6 Å². The van der Waals surface area contributed by atoms with Crippen LogP contribution in [0.4, 0.5) is 11.4 Å². The number of halogens is 2. The summed E-state index contributed by atoms with van der Waals surface area (Å²) in [4.78, 5) is 22.4. The number of nitrogens with one attached hydrogen (secondary N) is 1. The van der Waals surface area contributed by atoms with Crippen LogP contribution in [0.15, 0.2) is 45.3 Å². The summed E-state index contributed by atoms with van der Waals surface area (Å²) in [6.45, 7) is 1.89. The third kappa shape index (κ3) is 3.89. The van der Waals surface area contributed by atoms with Gasteiger partial charge in [-0.15, -0.1) is 0 Å². The summed E-state index contributed by atoms with van der Waals surface area (Å²) in [5.74, 6) is -0.278. The van der Waals surface area contributed by atoms with Gasteiger partial charge in [-0.2, -0.15) is 0 Å². The number of carbonyl (C=O) groups is 1. The van der Waals surface area contributed by atoms with Crippen LogP contribution in [-0.2, 0) is 0 Å². The van der Waals surface area contributed by atoms with Crippen molar-refractivity contribution in [3.8, 4) is 0 Å². The number of amides is 1. The van der Waals surface area contributed by atoms with Crippen molar-refractivity contribution in [2.45, 2.75) is 6.92 Å². The van der Waals surface area contributed by atoms with E-state index in [0.717, 1.165) is 10.0 Å². The van der Waals surface area contributed by atoms with Gasteiger partial charge < -0.3 is 5.32 Å². The number of rotatable bonds is 3. The summed E-state index contributed by atoms with van der Waals surface area (Å²) < 4.78 is 1.13. The molecule has 5 nitrogen and oxygen atoms in total. The van der Waals surface area contributed by atoms with Crippen molar-refractivity contribution in [3.63, 3.8) is 0 Å². The lowest BCUT2D eigenvalue weighted by molar-refractivity contribution is -0.385. The van der Waals surface area contributed by atoms with E-state index in [1.54, 1.807) is 12.1 Å². The van der Waals surface area contributed by atoms with Crippen LogP contribution in [0.3, 0.4) is 0 Å². The minimum Gasteiger partial charge on any atom is -0.322 e. The Morgan fingerprint density at radius 3 is 2.48 bits per heavy atom. The van der Waals surface area contributed by atoms with Gasteiger partial charge in [-0.05, 0) is 58.7 Å². The predicted octanol–water partition coefficient (Wildman–Crippen LogP) is 4.68. The number of carbonyl (C=O) groups excluding carboxylic acids is 1. The van der Waals surface area contributed by atoms with Gasteiger partial charge in [0, 0.05) is 21.8 Å². The number of nitrogens with zero attached hydrogens (tertiary/aromatic N) is 1. The molecule has 0 heterocycles. The standard InChI is InChI=1S/C14H10Br2N2O3/c1-8-4-9(6-10(15)5-8)14(19)17-11-2-3-13(18(20)21)12(16)7-11/h2-7H,1H3,(H,17,19). The molecule has 0 aliphatic rings. The summed E-state index contributed by atoms with van der Waals surface area (Å²) in [7, 11) is 0. The third-order valence-corrected chi connectivity index (χ3v) is 3.80. The van der Waals surface area contributed by atoms with E-state index in [0.29, 0.717) is 15.7 Å². The van der Waals surface area contributed by atoms with E-state index in [-0.39, 0.29) is 11.6 Å². The fourth-order valence-electron chi connectivity index (χ4n) is 1.80. The first-order chi connectivity index (χ1) is 9.86. The van der Waals surface area contributed by atoms with Crippen LogP contribution >= 0.6 is 31.9 Å². The topological polar surface area (TPSA) is 72.2 Å². The number of nitro groups is 1. The molecule has 2 aromatic carbocycles. The van der Waals surface area contributed by atoms with E-state index >= 15 is 0 Å². The highest BCUT2D eigenvalue weighted by Gasteiger charge is 2.13. The van der Waals surface area contributed by atoms with Crippen LogP contribution in [0.2, 0.25) is 0 Å². The highest BCUT2D eigenvalue weighted by Crippen LogP contribution is 2.28. The second-order valence-corrected chi connectivity index (χ2v) is 6.16. The lowest BCUT2D eigenvalue weighted by atomic mass is 10.1. The molecule has 0 bridgehead atoms. The lowest BCUT2D eigenvalue weighted by Gasteiger charge is -2.07. The zero-order chi connectivity index (χ0) is 15.6. The zero-order valence-corrected chi connectivity index (χ0v) is 14.1. The fourth-order valence-corrected chi connectivity index (χ4v) is 2.93. The van der Waals surface area contributed by atoms with E-state index in [1.807, 2.05) is 13.0 Å². The van der Waals surface area contributed by atoms with Crippen LogP contribution in [0.5, 0.6) is 0 Å². The molecule has 0 spiro atoms. The van der Waals surface area contributed by atoms with Gasteiger partial charge in [0.15, 0.2) is 0 Å². The average Bonchev–Trinajstić information content (AvgIpc) is 2.37. The monoisotopic (exact) mass is 412 g/mol. The smallest absolute Gasteiger partial charge is 0.283 e. The summed E-state index contributed by atoms with van der Waals surface area (Å²) in [6.07, 6.45) is 0. The summed E-state index contributed by atoms with van der Waals surface area (Å²) in [5, 5.41) is 13.4. The molecule has 2 rings (SSSR count). The van der Waals surface area contributed by atoms with E-state index in [4.69, 9.17) is 0 Å². The molecule has 2 aromatic rings. The Morgan fingerprint density at radius 1 is 1.19 bits per heavy atom. The van der Waals surface area contributed by atoms with E-state index in [9.17, 15) is 14.9 Å². The van der Waals surface area contributed by atoms with Gasteiger partial charge in [-0.25, -0.2) is 0 Å². The minimum atomic E-state index is -0.493. The van der Waals surface area contributed by atoms with E-state index in [1.165, 1.54) is 18.2 Å². The first-order valence-electron chi connectivity index (χ1n) is 5.89. The van der Waals surface area contributed by atoms with Gasteiger partial charge in [0.05, 0.1) is 9.40 Å². The number of benzene rings is 2. The third-order valence-electron chi connectivity index (χ3n) is 2.71. The number of aryl methyl sites for hydroxylation is 1. The van der Waals surface area contributed by atoms with Crippen molar-refractivity contribution in [3.05, 3.63) is 66.6 Å². The molecule has 0 unspecified atom stereocenters. The largest absolute Gasteiger partial charge is 0.322 e. The molecule has 0 aromatic heterocycles. The molecule has 0 fully saturated rings. The van der Waals surface area contributed by atoms with E-state index < -0.39 is 4.92 Å². The number of hydrogen-bond donors (Lipinski definition) is 1. The van der Waals surface area contributed by atoms with Crippen molar-refractivity contribution in [2.24, 2.45) is 0 Å². The Balaban J connectivity index is 2.23. The maximum atomic E-state index is 12.2. The number of hydrogen-bond acceptors (Lipinski definition) is 3. The lowest BCUT2D eigenvalue weighted by Crippen LogP contribution is -2.12. The fraction of sp³-hybridized carbons (Fsp3) is 0.0714. The molecule has 0 saturated heterocycles. The van der Waals surface area contributed by atoms with Crippen molar-refractivity contribution in [2.75, 3.05) is 5.32 Å². The molecular formula is C14H10Br2N2O3. The molecule has 0 aliphatic carbocycles. The average molecular weight is 414 g/mol. The summed E-state index contributed by atoms with van der Waals surface area (Å²) in [6, 6.07) is 9.71. The Hall–Kier alpha value is -1.73. The second kappa shape index (κ2) is 6.36. The molecular weight excluding hydrogens is 404 g/mol. The zero-order valence-electron chi connectivity index (χ0n) is 10.9. The molecule has 1 amide bonds. The van der Waals surface area contributed by atoms with Crippen molar-refractivity contribution >= 4 is 49.1 Å². The quantitative estimate of drug-likeness (QED) is 0.586. The van der Waals surface area contributed by atoms with Crippen molar-refractivity contribution in [1.82, 2.24) is 0 Å². The number of nitro benzene ring substituents is 1. The van der Waals surface area contributed by atoms with Crippen LogP contribution in [0, 0.1) is 17.0 Å². The molecule has 7 heteroatoms. The van der Waals surface area contributed by atoms with Crippen LogP contribution in [-0.4, -0.2) is 10.8 Å². The summed E-state index contributed by atoms with van der Waals surface area (Å²) in [5.41, 5.74) is 1.90.